The van der Waals surface area contributed by atoms with E-state index in [-0.39, 0.29) is 30.4 Å². The summed E-state index contributed by atoms with van der Waals surface area (Å²) in [7, 11) is 0. The fraction of sp³-hybridized carbons (Fsp3) is 0.179. The second kappa shape index (κ2) is 16.3. The summed E-state index contributed by atoms with van der Waals surface area (Å²) < 4.78 is 18.7. The molecule has 1 aliphatic heterocycles. The molecule has 0 aliphatic carbocycles. The summed E-state index contributed by atoms with van der Waals surface area (Å²) in [6.07, 6.45) is -0.352. The Hall–Kier alpha value is -5.13. The summed E-state index contributed by atoms with van der Waals surface area (Å²) in [6, 6.07) is 38.6. The average molecular weight is 677 g/mol. The number of carboxylic acids is 1. The number of rotatable bonds is 12. The standard InChI is InChI=1S/C39H36N2O7S/c42-24-27-8-10-28(11-9-27)36-22-34(25-49-35-20-14-29(15-21-35)37(43)44)47-38(48-36)30-12-6-26(7-13-30)23-40-39(45)41-31-16-18-33(19-17-31)46-32-4-2-1-3-5-32/h1-21,34,36,38,42H,22-25H2,(H,43,44)(H2,40,41,45)/t34-,36+,38+/m0/s1. The Balaban J connectivity index is 1.05. The lowest BCUT2D eigenvalue weighted by molar-refractivity contribution is -0.245. The minimum absolute atomic E-state index is 0.0297. The number of urea groups is 1. The number of hydrogen-bond acceptors (Lipinski definition) is 7. The molecule has 0 bridgehead atoms. The predicted molar refractivity (Wildman–Crippen MR) is 188 cm³/mol. The van der Waals surface area contributed by atoms with Gasteiger partial charge in [0.05, 0.1) is 24.4 Å². The molecule has 0 unspecified atom stereocenters. The van der Waals surface area contributed by atoms with Crippen LogP contribution in [0.1, 0.15) is 51.4 Å². The lowest BCUT2D eigenvalue weighted by Crippen LogP contribution is -2.31. The van der Waals surface area contributed by atoms with Crippen LogP contribution in [0.25, 0.3) is 0 Å². The molecule has 1 fully saturated rings. The van der Waals surface area contributed by atoms with E-state index in [0.29, 0.717) is 30.2 Å². The molecule has 1 heterocycles. The molecule has 0 spiro atoms. The average Bonchev–Trinajstić information content (AvgIpc) is 3.14. The minimum Gasteiger partial charge on any atom is -0.478 e. The van der Waals surface area contributed by atoms with Gasteiger partial charge in [0, 0.05) is 34.9 Å². The van der Waals surface area contributed by atoms with Crippen LogP contribution in [-0.2, 0) is 22.6 Å². The van der Waals surface area contributed by atoms with Crippen LogP contribution in [0, 0.1) is 0 Å². The molecule has 49 heavy (non-hydrogen) atoms. The first-order chi connectivity index (χ1) is 23.9. The van der Waals surface area contributed by atoms with Gasteiger partial charge in [-0.25, -0.2) is 9.59 Å². The molecule has 6 rings (SSSR count). The normalized spacial score (nSPS) is 17.2. The highest BCUT2D eigenvalue weighted by molar-refractivity contribution is 7.99. The van der Waals surface area contributed by atoms with Crippen LogP contribution in [0.4, 0.5) is 10.5 Å². The highest BCUT2D eigenvalue weighted by Gasteiger charge is 2.32. The van der Waals surface area contributed by atoms with Crippen LogP contribution >= 0.6 is 11.8 Å². The molecule has 250 valence electrons. The maximum Gasteiger partial charge on any atom is 0.335 e. The van der Waals surface area contributed by atoms with Crippen LogP contribution in [0.5, 0.6) is 11.5 Å². The highest BCUT2D eigenvalue weighted by Crippen LogP contribution is 2.39. The predicted octanol–water partition coefficient (Wildman–Crippen LogP) is 8.33. The second-order valence-electron chi connectivity index (χ2n) is 11.5. The van der Waals surface area contributed by atoms with Gasteiger partial charge in [-0.15, -0.1) is 11.8 Å². The number of carbonyl (C=O) groups excluding carboxylic acids is 1. The van der Waals surface area contributed by atoms with Gasteiger partial charge in [-0.05, 0) is 77.4 Å². The van der Waals surface area contributed by atoms with Gasteiger partial charge in [-0.1, -0.05) is 66.7 Å². The molecule has 1 aliphatic rings. The van der Waals surface area contributed by atoms with Crippen LogP contribution in [0.2, 0.25) is 0 Å². The molecule has 0 radical (unpaired) electrons. The SMILES string of the molecule is O=C(NCc1ccc([C@@H]2O[C@H](CSc3ccc(C(=O)O)cc3)C[C@H](c3ccc(CO)cc3)O2)cc1)Nc1ccc(Oc2ccccc2)cc1. The van der Waals surface area contributed by atoms with E-state index < -0.39 is 12.3 Å². The summed E-state index contributed by atoms with van der Waals surface area (Å²) in [4.78, 5) is 24.8. The number of benzene rings is 5. The maximum absolute atomic E-state index is 12.6. The molecular formula is C39H36N2O7S. The molecule has 0 aromatic heterocycles. The summed E-state index contributed by atoms with van der Waals surface area (Å²) >= 11 is 1.60. The number of anilines is 1. The van der Waals surface area contributed by atoms with E-state index >= 15 is 0 Å². The zero-order chi connectivity index (χ0) is 34.0. The van der Waals surface area contributed by atoms with Gasteiger partial charge >= 0.3 is 12.0 Å². The van der Waals surface area contributed by atoms with Crippen molar-refractivity contribution < 1.29 is 34.0 Å². The number of aromatic carboxylic acids is 1. The Labute approximate surface area is 288 Å². The lowest BCUT2D eigenvalue weighted by Gasteiger charge is -2.36. The highest BCUT2D eigenvalue weighted by atomic mass is 32.2. The topological polar surface area (TPSA) is 126 Å². The second-order valence-corrected chi connectivity index (χ2v) is 12.6. The van der Waals surface area contributed by atoms with Crippen molar-refractivity contribution in [3.05, 3.63) is 155 Å². The number of carboxylic acid groups (broad SMARTS) is 1. The number of amides is 2. The lowest BCUT2D eigenvalue weighted by atomic mass is 10.0. The third-order valence-corrected chi connectivity index (χ3v) is 9.09. The van der Waals surface area contributed by atoms with Crippen LogP contribution in [0.15, 0.2) is 132 Å². The van der Waals surface area contributed by atoms with Gasteiger partial charge < -0.3 is 35.1 Å². The van der Waals surface area contributed by atoms with E-state index in [1.807, 2.05) is 78.9 Å². The van der Waals surface area contributed by atoms with Gasteiger partial charge in [0.25, 0.3) is 0 Å². The third kappa shape index (κ3) is 9.49. The van der Waals surface area contributed by atoms with Crippen molar-refractivity contribution in [1.29, 1.82) is 0 Å². The number of thioether (sulfide) groups is 1. The molecular weight excluding hydrogens is 641 g/mol. The number of hydrogen-bond donors (Lipinski definition) is 4. The van der Waals surface area contributed by atoms with Crippen molar-refractivity contribution in [2.24, 2.45) is 0 Å². The molecule has 5 aromatic carbocycles. The van der Waals surface area contributed by atoms with Gasteiger partial charge in [-0.3, -0.25) is 0 Å². The zero-order valence-electron chi connectivity index (χ0n) is 26.5. The van der Waals surface area contributed by atoms with Gasteiger partial charge in [0.2, 0.25) is 0 Å². The van der Waals surface area contributed by atoms with E-state index in [2.05, 4.69) is 10.6 Å². The zero-order valence-corrected chi connectivity index (χ0v) is 27.3. The molecule has 5 aromatic rings. The molecule has 9 nitrogen and oxygen atoms in total. The molecule has 2 amide bonds. The Bertz CT molecular complexity index is 1820. The van der Waals surface area contributed by atoms with Crippen molar-refractivity contribution in [1.82, 2.24) is 5.32 Å². The van der Waals surface area contributed by atoms with Crippen molar-refractivity contribution in [2.75, 3.05) is 11.1 Å². The minimum atomic E-state index is -0.955. The van der Waals surface area contributed by atoms with Crippen molar-refractivity contribution in [2.45, 2.75) is 43.0 Å². The van der Waals surface area contributed by atoms with Gasteiger partial charge in [0.15, 0.2) is 6.29 Å². The molecule has 4 N–H and O–H groups in total. The monoisotopic (exact) mass is 676 g/mol. The van der Waals surface area contributed by atoms with Gasteiger partial charge in [-0.2, -0.15) is 0 Å². The number of ether oxygens (including phenoxy) is 3. The number of carbonyl (C=O) groups is 2. The van der Waals surface area contributed by atoms with Crippen LogP contribution in [-0.4, -0.2) is 34.1 Å². The first-order valence-corrected chi connectivity index (χ1v) is 16.8. The fourth-order valence-electron chi connectivity index (χ4n) is 5.29. The summed E-state index contributed by atoms with van der Waals surface area (Å²) in [5.74, 6) is 1.11. The number of aliphatic hydroxyl groups is 1. The van der Waals surface area contributed by atoms with E-state index in [9.17, 15) is 19.8 Å². The Morgan fingerprint density at radius 1 is 0.755 bits per heavy atom. The first-order valence-electron chi connectivity index (χ1n) is 15.9. The number of aliphatic hydroxyl groups excluding tert-OH is 1. The van der Waals surface area contributed by atoms with Gasteiger partial charge in [0.1, 0.15) is 11.5 Å². The third-order valence-electron chi connectivity index (χ3n) is 7.95. The van der Waals surface area contributed by atoms with E-state index in [1.54, 1.807) is 60.3 Å². The van der Waals surface area contributed by atoms with Crippen molar-refractivity contribution in [3.63, 3.8) is 0 Å². The van der Waals surface area contributed by atoms with Crippen molar-refractivity contribution >= 4 is 29.4 Å². The molecule has 3 atom stereocenters. The maximum atomic E-state index is 12.6. The number of para-hydroxylation sites is 1. The molecule has 0 saturated carbocycles. The fourth-order valence-corrected chi connectivity index (χ4v) is 6.21. The Morgan fingerprint density at radius 3 is 2.08 bits per heavy atom. The summed E-state index contributed by atoms with van der Waals surface area (Å²) in [5, 5.41) is 24.4. The summed E-state index contributed by atoms with van der Waals surface area (Å²) in [5.41, 5.74) is 4.48. The smallest absolute Gasteiger partial charge is 0.335 e. The van der Waals surface area contributed by atoms with Crippen LogP contribution in [0.3, 0.4) is 0 Å². The summed E-state index contributed by atoms with van der Waals surface area (Å²) in [6.45, 7) is 0.297. The first kappa shape index (κ1) is 33.8. The molecule has 1 saturated heterocycles. The van der Waals surface area contributed by atoms with E-state index in [0.717, 1.165) is 32.9 Å². The quantitative estimate of drug-likeness (QED) is 0.0972. The van der Waals surface area contributed by atoms with E-state index in [1.165, 1.54) is 0 Å². The van der Waals surface area contributed by atoms with Crippen LogP contribution < -0.4 is 15.4 Å². The largest absolute Gasteiger partial charge is 0.478 e. The Kier molecular flexibility index (Phi) is 11.2. The Morgan fingerprint density at radius 2 is 1.41 bits per heavy atom. The van der Waals surface area contributed by atoms with Crippen molar-refractivity contribution in [3.8, 4) is 11.5 Å². The van der Waals surface area contributed by atoms with E-state index in [4.69, 9.17) is 14.2 Å². The number of nitrogens with one attached hydrogen (secondary N) is 2. The molecule has 10 heteroatoms.